The number of carbonyl (C=O) groups excluding carboxylic acids is 1. The van der Waals surface area contributed by atoms with Crippen molar-refractivity contribution in [2.24, 2.45) is 0 Å². The Kier molecular flexibility index (Phi) is 5.28. The summed E-state index contributed by atoms with van der Waals surface area (Å²) in [4.78, 5) is 24.8. The third kappa shape index (κ3) is 5.26. The number of nitrogens with zero attached hydrogens (tertiary/aromatic N) is 4. The van der Waals surface area contributed by atoms with Gasteiger partial charge >= 0.3 is 6.09 Å². The Hall–Kier alpha value is -2.05. The molecule has 2 rings (SSSR count). The first-order chi connectivity index (χ1) is 10.7. The van der Waals surface area contributed by atoms with Crippen molar-refractivity contribution in [2.45, 2.75) is 46.3 Å². The van der Waals surface area contributed by atoms with Gasteiger partial charge < -0.3 is 19.9 Å². The van der Waals surface area contributed by atoms with Crippen LogP contribution < -0.4 is 10.2 Å². The number of rotatable bonds is 3. The molecular weight excluding hydrogens is 294 g/mol. The molecule has 23 heavy (non-hydrogen) atoms. The van der Waals surface area contributed by atoms with Crippen LogP contribution in [0.15, 0.2) is 12.3 Å². The van der Waals surface area contributed by atoms with Gasteiger partial charge in [0.05, 0.1) is 0 Å². The number of carbonyl (C=O) groups is 1. The molecule has 2 heterocycles. The fraction of sp³-hybridized carbons (Fsp3) is 0.688. The predicted octanol–water partition coefficient (Wildman–Crippen LogP) is 2.35. The zero-order chi connectivity index (χ0) is 17.0. The number of amides is 1. The van der Waals surface area contributed by atoms with Crippen molar-refractivity contribution in [3.63, 3.8) is 0 Å². The van der Waals surface area contributed by atoms with E-state index in [0.717, 1.165) is 5.82 Å². The number of nitrogens with one attached hydrogen (secondary N) is 1. The average molecular weight is 321 g/mol. The summed E-state index contributed by atoms with van der Waals surface area (Å²) >= 11 is 0. The maximum absolute atomic E-state index is 12.1. The van der Waals surface area contributed by atoms with Crippen LogP contribution in [-0.2, 0) is 4.74 Å². The van der Waals surface area contributed by atoms with Crippen LogP contribution in [0.2, 0.25) is 0 Å². The number of aromatic nitrogens is 2. The summed E-state index contributed by atoms with van der Waals surface area (Å²) in [5.74, 6) is 1.51. The zero-order valence-electron chi connectivity index (χ0n) is 14.7. The molecule has 1 N–H and O–H groups in total. The van der Waals surface area contributed by atoms with Gasteiger partial charge in [-0.3, -0.25) is 0 Å². The number of anilines is 2. The van der Waals surface area contributed by atoms with Gasteiger partial charge in [-0.25, -0.2) is 9.78 Å². The molecule has 1 aromatic rings. The van der Waals surface area contributed by atoms with Gasteiger partial charge in [0.25, 0.3) is 0 Å². The SMILES string of the molecule is CC(C)Nc1ccnc(N2CCN(C(=O)OC(C)(C)C)CC2)n1. The summed E-state index contributed by atoms with van der Waals surface area (Å²) in [6.07, 6.45) is 1.50. The van der Waals surface area contributed by atoms with Gasteiger partial charge in [-0.1, -0.05) is 0 Å². The van der Waals surface area contributed by atoms with Crippen molar-refractivity contribution in [3.8, 4) is 0 Å². The van der Waals surface area contributed by atoms with E-state index in [0.29, 0.717) is 38.2 Å². The summed E-state index contributed by atoms with van der Waals surface area (Å²) in [7, 11) is 0. The van der Waals surface area contributed by atoms with Gasteiger partial charge in [-0.15, -0.1) is 0 Å². The van der Waals surface area contributed by atoms with Crippen LogP contribution in [0.5, 0.6) is 0 Å². The van der Waals surface area contributed by atoms with Gasteiger partial charge in [0, 0.05) is 38.4 Å². The first-order valence-corrected chi connectivity index (χ1v) is 8.07. The standard InChI is InChI=1S/C16H27N5O2/c1-12(2)18-13-6-7-17-14(19-13)20-8-10-21(11-9-20)15(22)23-16(3,4)5/h6-7,12H,8-11H2,1-5H3,(H,17,18,19). The van der Waals surface area contributed by atoms with E-state index in [9.17, 15) is 4.79 Å². The lowest BCUT2D eigenvalue weighted by molar-refractivity contribution is 0.0240. The third-order valence-corrected chi connectivity index (χ3v) is 3.29. The van der Waals surface area contributed by atoms with Gasteiger partial charge in [0.2, 0.25) is 5.95 Å². The molecule has 0 radical (unpaired) electrons. The van der Waals surface area contributed by atoms with Crippen LogP contribution in [0.3, 0.4) is 0 Å². The van der Waals surface area contributed by atoms with Crippen molar-refractivity contribution in [2.75, 3.05) is 36.4 Å². The highest BCUT2D eigenvalue weighted by Crippen LogP contribution is 2.16. The average Bonchev–Trinajstić information content (AvgIpc) is 2.45. The minimum atomic E-state index is -0.464. The van der Waals surface area contributed by atoms with Crippen molar-refractivity contribution in [3.05, 3.63) is 12.3 Å². The number of piperazine rings is 1. The Morgan fingerprint density at radius 2 is 1.91 bits per heavy atom. The lowest BCUT2D eigenvalue weighted by Crippen LogP contribution is -2.50. The summed E-state index contributed by atoms with van der Waals surface area (Å²) in [5, 5.41) is 3.27. The van der Waals surface area contributed by atoms with E-state index in [1.165, 1.54) is 0 Å². The quantitative estimate of drug-likeness (QED) is 0.921. The van der Waals surface area contributed by atoms with E-state index >= 15 is 0 Å². The Labute approximate surface area is 138 Å². The second kappa shape index (κ2) is 7.02. The van der Waals surface area contributed by atoms with E-state index in [-0.39, 0.29) is 6.09 Å². The fourth-order valence-corrected chi connectivity index (χ4v) is 2.29. The Bertz CT molecular complexity index is 534. The van der Waals surface area contributed by atoms with Crippen LogP contribution in [-0.4, -0.2) is 58.8 Å². The maximum Gasteiger partial charge on any atom is 0.410 e. The highest BCUT2D eigenvalue weighted by molar-refractivity contribution is 5.68. The third-order valence-electron chi connectivity index (χ3n) is 3.29. The molecule has 0 aromatic carbocycles. The molecule has 1 aliphatic heterocycles. The van der Waals surface area contributed by atoms with E-state index in [2.05, 4.69) is 34.0 Å². The predicted molar refractivity (Wildman–Crippen MR) is 90.8 cm³/mol. The second-order valence-corrected chi connectivity index (χ2v) is 7.00. The summed E-state index contributed by atoms with van der Waals surface area (Å²) in [6, 6.07) is 2.18. The van der Waals surface area contributed by atoms with Crippen molar-refractivity contribution in [1.29, 1.82) is 0 Å². The minimum absolute atomic E-state index is 0.256. The molecule has 0 spiro atoms. The molecule has 7 nitrogen and oxygen atoms in total. The first-order valence-electron chi connectivity index (χ1n) is 8.07. The maximum atomic E-state index is 12.1. The molecule has 0 saturated carbocycles. The molecule has 1 aromatic heterocycles. The lowest BCUT2D eigenvalue weighted by atomic mass is 10.2. The molecule has 1 fully saturated rings. The number of hydrogen-bond acceptors (Lipinski definition) is 6. The monoisotopic (exact) mass is 321 g/mol. The van der Waals surface area contributed by atoms with Gasteiger partial charge in [0.15, 0.2) is 0 Å². The minimum Gasteiger partial charge on any atom is -0.444 e. The van der Waals surface area contributed by atoms with Gasteiger partial charge in [0.1, 0.15) is 11.4 Å². The second-order valence-electron chi connectivity index (χ2n) is 7.00. The number of hydrogen-bond donors (Lipinski definition) is 1. The molecule has 7 heteroatoms. The Balaban J connectivity index is 1.93. The molecule has 0 unspecified atom stereocenters. The van der Waals surface area contributed by atoms with Gasteiger partial charge in [-0.2, -0.15) is 4.98 Å². The van der Waals surface area contributed by atoms with Crippen LogP contribution in [0.25, 0.3) is 0 Å². The van der Waals surface area contributed by atoms with Crippen molar-refractivity contribution < 1.29 is 9.53 Å². The summed E-state index contributed by atoms with van der Waals surface area (Å²) < 4.78 is 5.41. The van der Waals surface area contributed by atoms with Crippen LogP contribution >= 0.6 is 0 Å². The van der Waals surface area contributed by atoms with Crippen LogP contribution in [0.4, 0.5) is 16.6 Å². The van der Waals surface area contributed by atoms with Crippen LogP contribution in [0, 0.1) is 0 Å². The lowest BCUT2D eigenvalue weighted by Gasteiger charge is -2.35. The molecule has 0 atom stereocenters. The topological polar surface area (TPSA) is 70.6 Å². The Morgan fingerprint density at radius 3 is 2.48 bits per heavy atom. The largest absolute Gasteiger partial charge is 0.444 e. The fourth-order valence-electron chi connectivity index (χ4n) is 2.29. The normalized spacial score (nSPS) is 15.7. The van der Waals surface area contributed by atoms with Crippen LogP contribution in [0.1, 0.15) is 34.6 Å². The summed E-state index contributed by atoms with van der Waals surface area (Å²) in [5.41, 5.74) is -0.464. The van der Waals surface area contributed by atoms with E-state index in [1.807, 2.05) is 26.8 Å². The first kappa shape index (κ1) is 17.3. The summed E-state index contributed by atoms with van der Waals surface area (Å²) in [6.45, 7) is 12.4. The zero-order valence-corrected chi connectivity index (χ0v) is 14.7. The molecule has 128 valence electrons. The molecular formula is C16H27N5O2. The molecule has 0 bridgehead atoms. The molecule has 1 saturated heterocycles. The van der Waals surface area contributed by atoms with Crippen molar-refractivity contribution >= 4 is 17.9 Å². The van der Waals surface area contributed by atoms with Crippen molar-refractivity contribution in [1.82, 2.24) is 14.9 Å². The smallest absolute Gasteiger partial charge is 0.410 e. The molecule has 0 aliphatic carbocycles. The van der Waals surface area contributed by atoms with Gasteiger partial charge in [-0.05, 0) is 40.7 Å². The van der Waals surface area contributed by atoms with E-state index in [1.54, 1.807) is 11.1 Å². The Morgan fingerprint density at radius 1 is 1.26 bits per heavy atom. The molecule has 1 amide bonds. The molecule has 1 aliphatic rings. The highest BCUT2D eigenvalue weighted by atomic mass is 16.6. The highest BCUT2D eigenvalue weighted by Gasteiger charge is 2.26. The van der Waals surface area contributed by atoms with E-state index < -0.39 is 5.60 Å². The number of ether oxygens (including phenoxy) is 1. The van der Waals surface area contributed by atoms with E-state index in [4.69, 9.17) is 4.74 Å².